The fraction of sp³-hybridized carbons (Fsp3) is 0.529. The molecule has 4 nitrogen and oxygen atoms in total. The van der Waals surface area contributed by atoms with Gasteiger partial charge >= 0.3 is 12.4 Å². The maximum atomic E-state index is 12.8. The summed E-state index contributed by atoms with van der Waals surface area (Å²) in [6.07, 6.45) is -9.02. The third-order valence-electron chi connectivity index (χ3n) is 4.56. The molecule has 2 aromatic rings. The Hall–Kier alpha value is -2.04. The van der Waals surface area contributed by atoms with E-state index in [0.717, 1.165) is 11.3 Å². The molecule has 0 radical (unpaired) electrons. The van der Waals surface area contributed by atoms with E-state index in [0.29, 0.717) is 24.3 Å². The molecule has 0 aliphatic carbocycles. The van der Waals surface area contributed by atoms with Crippen LogP contribution in [0.5, 0.6) is 0 Å². The molecule has 3 heterocycles. The van der Waals surface area contributed by atoms with Crippen LogP contribution in [0.1, 0.15) is 40.3 Å². The summed E-state index contributed by atoms with van der Waals surface area (Å²) in [5.74, 6) is -2.28. The van der Waals surface area contributed by atoms with Gasteiger partial charge in [-0.2, -0.15) is 26.3 Å². The van der Waals surface area contributed by atoms with Gasteiger partial charge in [-0.3, -0.25) is 4.79 Å². The van der Waals surface area contributed by atoms with Crippen LogP contribution in [0.4, 0.5) is 26.3 Å². The first-order valence-corrected chi connectivity index (χ1v) is 9.27. The first-order valence-electron chi connectivity index (χ1n) is 8.45. The van der Waals surface area contributed by atoms with E-state index in [1.807, 2.05) is 0 Å². The standard InChI is InChI=1S/C17H16F6N2O2S/c1-9-13(24-27-14(9)17(21,22)23)11-4-5-12(28-11)15(26)25-6-2-3-10(8-25)7-16(18,19)20/h4-5,10H,2-3,6-8H2,1H3. The lowest BCUT2D eigenvalue weighted by Crippen LogP contribution is -2.40. The first kappa shape index (κ1) is 20.7. The number of nitrogens with zero attached hydrogens (tertiary/aromatic N) is 2. The molecule has 0 bridgehead atoms. The van der Waals surface area contributed by atoms with E-state index in [1.165, 1.54) is 24.0 Å². The number of amides is 1. The van der Waals surface area contributed by atoms with Crippen LogP contribution < -0.4 is 0 Å². The van der Waals surface area contributed by atoms with Crippen LogP contribution >= 0.6 is 11.3 Å². The second kappa shape index (κ2) is 7.41. The Kier molecular flexibility index (Phi) is 5.48. The van der Waals surface area contributed by atoms with Gasteiger partial charge in [-0.05, 0) is 37.8 Å². The first-order chi connectivity index (χ1) is 13.0. The predicted octanol–water partition coefficient (Wildman–Crippen LogP) is 5.53. The van der Waals surface area contributed by atoms with Crippen molar-refractivity contribution < 1.29 is 35.7 Å². The molecule has 3 rings (SSSR count). The number of thiophene rings is 1. The van der Waals surface area contributed by atoms with E-state index in [1.54, 1.807) is 0 Å². The quantitative estimate of drug-likeness (QED) is 0.606. The molecule has 1 saturated heterocycles. The lowest BCUT2D eigenvalue weighted by molar-refractivity contribution is -0.156. The molecule has 1 unspecified atom stereocenters. The molecule has 1 fully saturated rings. The SMILES string of the molecule is Cc1c(-c2ccc(C(=O)N3CCCC(CC(F)(F)F)C3)s2)noc1C(F)(F)F. The normalized spacial score (nSPS) is 18.5. The van der Waals surface area contributed by atoms with Crippen LogP contribution in [-0.2, 0) is 6.18 Å². The molecular formula is C17H16F6N2O2S. The molecule has 1 atom stereocenters. The van der Waals surface area contributed by atoms with E-state index in [-0.39, 0.29) is 22.7 Å². The number of carbonyl (C=O) groups excluding carboxylic acids is 1. The van der Waals surface area contributed by atoms with E-state index < -0.39 is 36.4 Å². The van der Waals surface area contributed by atoms with Crippen LogP contribution in [0.3, 0.4) is 0 Å². The Labute approximate surface area is 160 Å². The Morgan fingerprint density at radius 2 is 2.00 bits per heavy atom. The van der Waals surface area contributed by atoms with Crippen LogP contribution in [0.15, 0.2) is 16.7 Å². The highest BCUT2D eigenvalue weighted by Gasteiger charge is 2.39. The van der Waals surface area contributed by atoms with Crippen LogP contribution in [0.2, 0.25) is 0 Å². The van der Waals surface area contributed by atoms with Crippen molar-refractivity contribution in [1.29, 1.82) is 0 Å². The van der Waals surface area contributed by atoms with Gasteiger partial charge in [0.1, 0.15) is 5.69 Å². The van der Waals surface area contributed by atoms with Crippen molar-refractivity contribution in [1.82, 2.24) is 10.1 Å². The van der Waals surface area contributed by atoms with Crippen LogP contribution in [-0.4, -0.2) is 35.2 Å². The van der Waals surface area contributed by atoms with Crippen molar-refractivity contribution in [2.45, 2.75) is 38.5 Å². The second-order valence-corrected chi connectivity index (χ2v) is 7.81. The lowest BCUT2D eigenvalue weighted by Gasteiger charge is -2.32. The molecule has 0 N–H and O–H groups in total. The Morgan fingerprint density at radius 3 is 2.61 bits per heavy atom. The summed E-state index contributed by atoms with van der Waals surface area (Å²) in [4.78, 5) is 14.6. The van der Waals surface area contributed by atoms with Gasteiger partial charge in [-0.25, -0.2) is 0 Å². The fourth-order valence-electron chi connectivity index (χ4n) is 3.31. The van der Waals surface area contributed by atoms with Crippen molar-refractivity contribution in [3.63, 3.8) is 0 Å². The van der Waals surface area contributed by atoms with Crippen molar-refractivity contribution in [3.8, 4) is 10.6 Å². The third-order valence-corrected chi connectivity index (χ3v) is 5.64. The molecule has 2 aromatic heterocycles. The van der Waals surface area contributed by atoms with Gasteiger partial charge in [0.05, 0.1) is 9.75 Å². The average molecular weight is 426 g/mol. The maximum absolute atomic E-state index is 12.8. The van der Waals surface area contributed by atoms with Gasteiger partial charge in [-0.1, -0.05) is 5.16 Å². The number of likely N-dealkylation sites (tertiary alicyclic amines) is 1. The zero-order chi connectivity index (χ0) is 20.7. The van der Waals surface area contributed by atoms with E-state index in [2.05, 4.69) is 9.68 Å². The highest BCUT2D eigenvalue weighted by atomic mass is 32.1. The Morgan fingerprint density at radius 1 is 1.29 bits per heavy atom. The van der Waals surface area contributed by atoms with Gasteiger partial charge in [0.15, 0.2) is 0 Å². The maximum Gasteiger partial charge on any atom is 0.452 e. The number of piperidine rings is 1. The molecule has 0 aromatic carbocycles. The topological polar surface area (TPSA) is 46.3 Å². The lowest BCUT2D eigenvalue weighted by atomic mass is 9.94. The Bertz CT molecular complexity index is 855. The average Bonchev–Trinajstić information content (AvgIpc) is 3.18. The van der Waals surface area contributed by atoms with Gasteiger partial charge in [0, 0.05) is 25.1 Å². The molecular weight excluding hydrogens is 410 g/mol. The summed E-state index contributed by atoms with van der Waals surface area (Å²) in [5.41, 5.74) is -0.193. The largest absolute Gasteiger partial charge is 0.452 e. The zero-order valence-electron chi connectivity index (χ0n) is 14.7. The number of hydrogen-bond donors (Lipinski definition) is 0. The Balaban J connectivity index is 1.75. The van der Waals surface area contributed by atoms with Crippen molar-refractivity contribution in [2.24, 2.45) is 5.92 Å². The van der Waals surface area contributed by atoms with Crippen molar-refractivity contribution in [2.75, 3.05) is 13.1 Å². The summed E-state index contributed by atoms with van der Waals surface area (Å²) >= 11 is 0.937. The summed E-state index contributed by atoms with van der Waals surface area (Å²) in [5, 5.41) is 3.46. The monoisotopic (exact) mass is 426 g/mol. The van der Waals surface area contributed by atoms with E-state index >= 15 is 0 Å². The van der Waals surface area contributed by atoms with E-state index in [9.17, 15) is 31.1 Å². The molecule has 0 saturated carbocycles. The summed E-state index contributed by atoms with van der Waals surface area (Å²) in [6.45, 7) is 1.58. The minimum Gasteiger partial charge on any atom is -0.351 e. The summed E-state index contributed by atoms with van der Waals surface area (Å²) in [6, 6.07) is 2.90. The van der Waals surface area contributed by atoms with Gasteiger partial charge < -0.3 is 9.42 Å². The van der Waals surface area contributed by atoms with E-state index in [4.69, 9.17) is 0 Å². The second-order valence-electron chi connectivity index (χ2n) is 6.73. The highest BCUT2D eigenvalue weighted by molar-refractivity contribution is 7.17. The molecule has 0 spiro atoms. The summed E-state index contributed by atoms with van der Waals surface area (Å²) in [7, 11) is 0. The van der Waals surface area contributed by atoms with Crippen molar-refractivity contribution in [3.05, 3.63) is 28.3 Å². The van der Waals surface area contributed by atoms with Crippen molar-refractivity contribution >= 4 is 17.2 Å². The molecule has 154 valence electrons. The number of hydrogen-bond acceptors (Lipinski definition) is 4. The number of rotatable bonds is 3. The molecule has 28 heavy (non-hydrogen) atoms. The van der Waals surface area contributed by atoms with Crippen LogP contribution in [0.25, 0.3) is 10.6 Å². The molecule has 1 aliphatic rings. The van der Waals surface area contributed by atoms with Gasteiger partial charge in [-0.15, -0.1) is 11.3 Å². The van der Waals surface area contributed by atoms with Gasteiger partial charge in [0.25, 0.3) is 5.91 Å². The zero-order valence-corrected chi connectivity index (χ0v) is 15.5. The smallest absolute Gasteiger partial charge is 0.351 e. The number of carbonyl (C=O) groups is 1. The number of halogens is 6. The summed E-state index contributed by atoms with van der Waals surface area (Å²) < 4.78 is 80.7. The number of alkyl halides is 6. The minimum absolute atomic E-state index is 0.00673. The molecule has 1 aliphatic heterocycles. The highest BCUT2D eigenvalue weighted by Crippen LogP contribution is 2.38. The third kappa shape index (κ3) is 4.50. The minimum atomic E-state index is -4.67. The molecule has 1 amide bonds. The van der Waals surface area contributed by atoms with Crippen LogP contribution in [0, 0.1) is 12.8 Å². The number of aromatic nitrogens is 1. The fourth-order valence-corrected chi connectivity index (χ4v) is 4.32. The molecule has 11 heteroatoms. The predicted molar refractivity (Wildman–Crippen MR) is 88.9 cm³/mol. The van der Waals surface area contributed by atoms with Gasteiger partial charge in [0.2, 0.25) is 5.76 Å².